The number of hydrogen-bond donors (Lipinski definition) is 0. The molecule has 3 heterocycles. The van der Waals surface area contributed by atoms with Gasteiger partial charge in [0, 0.05) is 57.6 Å². The number of piperazine rings is 1. The molecule has 8 nitrogen and oxygen atoms in total. The number of hydrogen-bond acceptors (Lipinski definition) is 7. The Morgan fingerprint density at radius 2 is 1.88 bits per heavy atom. The summed E-state index contributed by atoms with van der Waals surface area (Å²) >= 11 is 0. The van der Waals surface area contributed by atoms with E-state index in [0.717, 1.165) is 26.2 Å². The van der Waals surface area contributed by atoms with Gasteiger partial charge in [0.05, 0.1) is 7.11 Å². The summed E-state index contributed by atoms with van der Waals surface area (Å²) in [7, 11) is 1.61. The summed E-state index contributed by atoms with van der Waals surface area (Å²) in [5.41, 5.74) is -0.445. The Balaban J connectivity index is 1.45. The van der Waals surface area contributed by atoms with Gasteiger partial charge in [-0.1, -0.05) is 0 Å². The fourth-order valence-corrected chi connectivity index (χ4v) is 3.04. The van der Waals surface area contributed by atoms with E-state index in [1.807, 2.05) is 20.8 Å². The van der Waals surface area contributed by atoms with E-state index in [-0.39, 0.29) is 6.09 Å². The monoisotopic (exact) mass is 349 g/mol. The molecule has 0 N–H and O–H groups in total. The van der Waals surface area contributed by atoms with Crippen molar-refractivity contribution in [3.05, 3.63) is 12.3 Å². The highest BCUT2D eigenvalue weighted by molar-refractivity contribution is 5.68. The number of amides is 1. The van der Waals surface area contributed by atoms with Crippen LogP contribution in [0.15, 0.2) is 12.3 Å². The van der Waals surface area contributed by atoms with E-state index >= 15 is 0 Å². The number of aromatic nitrogens is 2. The third-order valence-corrected chi connectivity index (χ3v) is 4.45. The van der Waals surface area contributed by atoms with E-state index in [0.29, 0.717) is 31.0 Å². The lowest BCUT2D eigenvalue weighted by Crippen LogP contribution is -2.64. The van der Waals surface area contributed by atoms with Gasteiger partial charge < -0.3 is 19.3 Å². The number of rotatable bonds is 3. The molecule has 2 aliphatic heterocycles. The van der Waals surface area contributed by atoms with Crippen LogP contribution in [0, 0.1) is 0 Å². The van der Waals surface area contributed by atoms with Crippen LogP contribution < -0.4 is 9.64 Å². The largest absolute Gasteiger partial charge is 0.481 e. The predicted molar refractivity (Wildman–Crippen MR) is 94.0 cm³/mol. The second kappa shape index (κ2) is 7.03. The van der Waals surface area contributed by atoms with Crippen molar-refractivity contribution in [3.8, 4) is 5.88 Å². The van der Waals surface area contributed by atoms with Gasteiger partial charge in [-0.05, 0) is 20.8 Å². The Kier molecular flexibility index (Phi) is 4.99. The summed E-state index contributed by atoms with van der Waals surface area (Å²) in [6, 6.07) is 2.23. The molecule has 0 aliphatic carbocycles. The minimum Gasteiger partial charge on any atom is -0.481 e. The van der Waals surface area contributed by atoms with Crippen LogP contribution in [0.3, 0.4) is 0 Å². The fraction of sp³-hybridized carbons (Fsp3) is 0.706. The van der Waals surface area contributed by atoms with Crippen molar-refractivity contribution in [3.63, 3.8) is 0 Å². The van der Waals surface area contributed by atoms with Gasteiger partial charge in [0.15, 0.2) is 0 Å². The standard InChI is InChI=1S/C17H27N5O3/c1-17(2,3)25-16(23)21-9-7-20(8-10-21)13-11-22(12-13)15-18-6-5-14(19-15)24-4/h5-6,13H,7-12H2,1-4H3. The van der Waals surface area contributed by atoms with E-state index in [4.69, 9.17) is 9.47 Å². The Labute approximate surface area is 148 Å². The molecule has 1 aromatic rings. The number of carbonyl (C=O) groups excluding carboxylic acids is 1. The van der Waals surface area contributed by atoms with Gasteiger partial charge in [0.2, 0.25) is 11.8 Å². The minimum atomic E-state index is -0.445. The highest BCUT2D eigenvalue weighted by Crippen LogP contribution is 2.23. The highest BCUT2D eigenvalue weighted by atomic mass is 16.6. The second-order valence-electron chi connectivity index (χ2n) is 7.46. The SMILES string of the molecule is COc1ccnc(N2CC(N3CCN(C(=O)OC(C)(C)C)CC3)C2)n1. The predicted octanol–water partition coefficient (Wildman–Crippen LogP) is 1.23. The number of methoxy groups -OCH3 is 1. The average Bonchev–Trinajstić information content (AvgIpc) is 2.53. The summed E-state index contributed by atoms with van der Waals surface area (Å²) < 4.78 is 10.6. The van der Waals surface area contributed by atoms with Gasteiger partial charge in [-0.15, -0.1) is 0 Å². The molecule has 25 heavy (non-hydrogen) atoms. The van der Waals surface area contributed by atoms with Crippen LogP contribution >= 0.6 is 0 Å². The molecule has 0 aromatic carbocycles. The summed E-state index contributed by atoms with van der Waals surface area (Å²) in [6.07, 6.45) is 1.50. The summed E-state index contributed by atoms with van der Waals surface area (Å²) in [4.78, 5) is 27.2. The van der Waals surface area contributed by atoms with E-state index in [1.54, 1.807) is 24.3 Å². The Hall–Kier alpha value is -2.09. The van der Waals surface area contributed by atoms with Crippen LogP contribution in [-0.2, 0) is 4.74 Å². The van der Waals surface area contributed by atoms with Crippen LogP contribution in [0.4, 0.5) is 10.7 Å². The molecule has 0 atom stereocenters. The van der Waals surface area contributed by atoms with Crippen molar-refractivity contribution >= 4 is 12.0 Å². The maximum atomic E-state index is 12.1. The topological polar surface area (TPSA) is 71.0 Å². The Morgan fingerprint density at radius 3 is 2.48 bits per heavy atom. The molecule has 3 rings (SSSR count). The summed E-state index contributed by atoms with van der Waals surface area (Å²) in [5.74, 6) is 1.29. The maximum Gasteiger partial charge on any atom is 0.410 e. The highest BCUT2D eigenvalue weighted by Gasteiger charge is 2.36. The van der Waals surface area contributed by atoms with E-state index in [1.165, 1.54) is 0 Å². The zero-order valence-electron chi connectivity index (χ0n) is 15.4. The van der Waals surface area contributed by atoms with Gasteiger partial charge in [0.25, 0.3) is 0 Å². The first-order valence-corrected chi connectivity index (χ1v) is 8.70. The normalized spacial score (nSPS) is 19.5. The van der Waals surface area contributed by atoms with Crippen molar-refractivity contribution in [1.82, 2.24) is 19.8 Å². The quantitative estimate of drug-likeness (QED) is 0.813. The molecule has 1 amide bonds. The third kappa shape index (κ3) is 4.31. The van der Waals surface area contributed by atoms with E-state index in [9.17, 15) is 4.79 Å². The molecule has 0 spiro atoms. The molecule has 0 bridgehead atoms. The zero-order chi connectivity index (χ0) is 18.0. The number of carbonyl (C=O) groups is 1. The van der Waals surface area contributed by atoms with E-state index < -0.39 is 5.60 Å². The van der Waals surface area contributed by atoms with Crippen LogP contribution in [0.2, 0.25) is 0 Å². The Morgan fingerprint density at radius 1 is 1.20 bits per heavy atom. The molecule has 0 unspecified atom stereocenters. The summed E-state index contributed by atoms with van der Waals surface area (Å²) in [5, 5.41) is 0. The van der Waals surface area contributed by atoms with Crippen molar-refractivity contribution in [2.75, 3.05) is 51.3 Å². The Bertz CT molecular complexity index is 605. The molecule has 1 aromatic heterocycles. The molecular weight excluding hydrogens is 322 g/mol. The molecule has 0 saturated carbocycles. The van der Waals surface area contributed by atoms with Crippen molar-refractivity contribution in [2.24, 2.45) is 0 Å². The maximum absolute atomic E-state index is 12.1. The molecule has 8 heteroatoms. The first-order valence-electron chi connectivity index (χ1n) is 8.70. The molecule has 0 radical (unpaired) electrons. The van der Waals surface area contributed by atoms with E-state index in [2.05, 4.69) is 19.8 Å². The van der Waals surface area contributed by atoms with Crippen LogP contribution in [0.5, 0.6) is 5.88 Å². The molecule has 2 fully saturated rings. The van der Waals surface area contributed by atoms with Crippen molar-refractivity contribution < 1.29 is 14.3 Å². The van der Waals surface area contributed by atoms with Gasteiger partial charge in [-0.2, -0.15) is 4.98 Å². The molecular formula is C17H27N5O3. The first-order chi connectivity index (χ1) is 11.9. The first kappa shape index (κ1) is 17.7. The lowest BCUT2D eigenvalue weighted by atomic mass is 10.1. The molecule has 138 valence electrons. The third-order valence-electron chi connectivity index (χ3n) is 4.45. The number of nitrogens with zero attached hydrogens (tertiary/aromatic N) is 5. The lowest BCUT2D eigenvalue weighted by molar-refractivity contribution is 0.00871. The van der Waals surface area contributed by atoms with Crippen LogP contribution in [-0.4, -0.2) is 83.9 Å². The van der Waals surface area contributed by atoms with Crippen molar-refractivity contribution in [1.29, 1.82) is 0 Å². The average molecular weight is 349 g/mol. The van der Waals surface area contributed by atoms with Gasteiger partial charge in [0.1, 0.15) is 5.60 Å². The minimum absolute atomic E-state index is 0.216. The van der Waals surface area contributed by atoms with Gasteiger partial charge in [-0.3, -0.25) is 4.90 Å². The fourth-order valence-electron chi connectivity index (χ4n) is 3.04. The van der Waals surface area contributed by atoms with Gasteiger partial charge >= 0.3 is 6.09 Å². The van der Waals surface area contributed by atoms with Crippen molar-refractivity contribution in [2.45, 2.75) is 32.4 Å². The number of anilines is 1. The van der Waals surface area contributed by atoms with Gasteiger partial charge in [-0.25, -0.2) is 9.78 Å². The zero-order valence-corrected chi connectivity index (χ0v) is 15.4. The number of ether oxygens (including phenoxy) is 2. The second-order valence-corrected chi connectivity index (χ2v) is 7.46. The summed E-state index contributed by atoms with van der Waals surface area (Å²) in [6.45, 7) is 10.6. The molecule has 2 aliphatic rings. The van der Waals surface area contributed by atoms with Crippen LogP contribution in [0.1, 0.15) is 20.8 Å². The lowest BCUT2D eigenvalue weighted by Gasteiger charge is -2.48. The molecule has 2 saturated heterocycles. The smallest absolute Gasteiger partial charge is 0.410 e. The van der Waals surface area contributed by atoms with Crippen LogP contribution in [0.25, 0.3) is 0 Å².